The molecular formula is C18H16ClFN4OS2. The van der Waals surface area contributed by atoms with Crippen molar-refractivity contribution in [1.82, 2.24) is 20.1 Å². The lowest BCUT2D eigenvalue weighted by molar-refractivity contribution is -0.127. The molecule has 0 atom stereocenters. The largest absolute Gasteiger partial charge is 0.340 e. The third-order valence-corrected chi connectivity index (χ3v) is 5.61. The van der Waals surface area contributed by atoms with E-state index < -0.39 is 0 Å². The molecule has 9 heteroatoms. The third-order valence-electron chi connectivity index (χ3n) is 3.56. The molecule has 3 rings (SSSR count). The summed E-state index contributed by atoms with van der Waals surface area (Å²) in [6, 6.07) is 9.88. The molecule has 3 aromatic rings. The minimum absolute atomic E-state index is 0.0160. The number of aromatic nitrogens is 3. The van der Waals surface area contributed by atoms with Gasteiger partial charge in [-0.05, 0) is 35.9 Å². The topological polar surface area (TPSA) is 61.9 Å². The van der Waals surface area contributed by atoms with Gasteiger partial charge >= 0.3 is 0 Å². The fourth-order valence-electron chi connectivity index (χ4n) is 2.14. The molecule has 2 aromatic heterocycles. The number of thioether (sulfide) groups is 1. The Balaban J connectivity index is 1.50. The van der Waals surface area contributed by atoms with Gasteiger partial charge in [-0.25, -0.2) is 9.37 Å². The van der Waals surface area contributed by atoms with E-state index in [0.29, 0.717) is 21.9 Å². The molecule has 0 unspecified atom stereocenters. The number of hydrogen-bond acceptors (Lipinski definition) is 5. The van der Waals surface area contributed by atoms with Crippen LogP contribution in [0.5, 0.6) is 0 Å². The number of rotatable bonds is 7. The van der Waals surface area contributed by atoms with Crippen LogP contribution in [0.15, 0.2) is 41.6 Å². The number of carbonyl (C=O) groups excluding carboxylic acids is 1. The summed E-state index contributed by atoms with van der Waals surface area (Å²) in [5.74, 6) is 0.519. The number of halogens is 2. The van der Waals surface area contributed by atoms with Crippen molar-refractivity contribution < 1.29 is 9.18 Å². The number of thiophene rings is 1. The predicted molar refractivity (Wildman–Crippen MR) is 108 cm³/mol. The minimum atomic E-state index is -0.276. The average molecular weight is 423 g/mol. The minimum Gasteiger partial charge on any atom is -0.340 e. The Morgan fingerprint density at radius 1 is 1.30 bits per heavy atom. The number of carbonyl (C=O) groups is 1. The first-order chi connectivity index (χ1) is 13.0. The monoisotopic (exact) mass is 422 g/mol. The lowest BCUT2D eigenvalue weighted by atomic mass is 10.2. The van der Waals surface area contributed by atoms with Crippen LogP contribution in [0.2, 0.25) is 4.34 Å². The Morgan fingerprint density at radius 2 is 2.07 bits per heavy atom. The van der Waals surface area contributed by atoms with Crippen LogP contribution in [0.25, 0.3) is 12.2 Å². The molecule has 0 fully saturated rings. The molecule has 0 aliphatic heterocycles. The van der Waals surface area contributed by atoms with Gasteiger partial charge in [0, 0.05) is 11.9 Å². The zero-order valence-corrected chi connectivity index (χ0v) is 16.7. The molecule has 1 amide bonds. The number of hydrogen-bond donors (Lipinski definition) is 1. The van der Waals surface area contributed by atoms with Gasteiger partial charge in [0.15, 0.2) is 0 Å². The van der Waals surface area contributed by atoms with Crippen molar-refractivity contribution in [2.45, 2.75) is 11.7 Å². The summed E-state index contributed by atoms with van der Waals surface area (Å²) in [5.41, 5.74) is 0.854. The van der Waals surface area contributed by atoms with Crippen molar-refractivity contribution in [2.24, 2.45) is 0 Å². The zero-order valence-electron chi connectivity index (χ0n) is 14.4. The first-order valence-corrected chi connectivity index (χ1v) is 10.1. The van der Waals surface area contributed by atoms with E-state index in [0.717, 1.165) is 10.4 Å². The molecule has 0 aliphatic rings. The van der Waals surface area contributed by atoms with Crippen LogP contribution in [-0.2, 0) is 11.3 Å². The maximum Gasteiger partial charge on any atom is 0.233 e. The Labute approximate surface area is 169 Å². The van der Waals surface area contributed by atoms with E-state index in [9.17, 15) is 9.18 Å². The highest BCUT2D eigenvalue weighted by molar-refractivity contribution is 7.99. The van der Waals surface area contributed by atoms with Gasteiger partial charge < -0.3 is 4.90 Å². The Kier molecular flexibility index (Phi) is 6.65. The summed E-state index contributed by atoms with van der Waals surface area (Å²) < 4.78 is 13.6. The van der Waals surface area contributed by atoms with E-state index in [1.54, 1.807) is 36.2 Å². The molecule has 0 spiro atoms. The number of benzene rings is 1. The normalized spacial score (nSPS) is 11.2. The molecule has 5 nitrogen and oxygen atoms in total. The van der Waals surface area contributed by atoms with Gasteiger partial charge in [-0.15, -0.1) is 16.4 Å². The second-order valence-corrected chi connectivity index (χ2v) is 8.37. The first kappa shape index (κ1) is 19.6. The van der Waals surface area contributed by atoms with E-state index in [1.807, 2.05) is 12.1 Å². The second-order valence-electron chi connectivity index (χ2n) is 5.63. The van der Waals surface area contributed by atoms with Gasteiger partial charge in [0.05, 0.1) is 16.6 Å². The molecule has 0 bridgehead atoms. The fourth-order valence-corrected chi connectivity index (χ4v) is 4.03. The van der Waals surface area contributed by atoms with Crippen molar-refractivity contribution >= 4 is 52.8 Å². The van der Waals surface area contributed by atoms with Crippen LogP contribution in [-0.4, -0.2) is 38.8 Å². The van der Waals surface area contributed by atoms with Crippen molar-refractivity contribution in [3.63, 3.8) is 0 Å². The van der Waals surface area contributed by atoms with Gasteiger partial charge in [-0.3, -0.25) is 9.89 Å². The first-order valence-electron chi connectivity index (χ1n) is 7.96. The summed E-state index contributed by atoms with van der Waals surface area (Å²) in [7, 11) is 1.76. The Hall–Kier alpha value is -2.16. The lowest BCUT2D eigenvalue weighted by Crippen LogP contribution is -2.27. The van der Waals surface area contributed by atoms with Crippen molar-refractivity contribution in [1.29, 1.82) is 0 Å². The van der Waals surface area contributed by atoms with E-state index in [2.05, 4.69) is 15.2 Å². The summed E-state index contributed by atoms with van der Waals surface area (Å²) in [6.07, 6.45) is 3.55. The van der Waals surface area contributed by atoms with Gasteiger partial charge in [-0.1, -0.05) is 41.6 Å². The van der Waals surface area contributed by atoms with Gasteiger partial charge in [-0.2, -0.15) is 0 Å². The number of nitrogens with one attached hydrogen (secondary N) is 1. The number of amides is 1. The van der Waals surface area contributed by atoms with Crippen LogP contribution >= 0.6 is 34.7 Å². The van der Waals surface area contributed by atoms with Crippen molar-refractivity contribution in [3.8, 4) is 0 Å². The number of nitrogens with zero attached hydrogens (tertiary/aromatic N) is 3. The molecule has 1 aromatic carbocycles. The summed E-state index contributed by atoms with van der Waals surface area (Å²) in [5, 5.41) is 7.39. The maximum absolute atomic E-state index is 12.9. The molecule has 27 heavy (non-hydrogen) atoms. The number of H-pyrrole nitrogens is 1. The van der Waals surface area contributed by atoms with Crippen molar-refractivity contribution in [3.05, 3.63) is 62.8 Å². The molecule has 1 N–H and O–H groups in total. The highest BCUT2D eigenvalue weighted by Gasteiger charge is 2.12. The molecular weight excluding hydrogens is 407 g/mol. The smallest absolute Gasteiger partial charge is 0.233 e. The van der Waals surface area contributed by atoms with E-state index >= 15 is 0 Å². The summed E-state index contributed by atoms with van der Waals surface area (Å²) in [6.45, 7) is 0.524. The molecule has 0 saturated heterocycles. The highest BCUT2D eigenvalue weighted by Crippen LogP contribution is 2.23. The zero-order chi connectivity index (χ0) is 19.2. The highest BCUT2D eigenvalue weighted by atomic mass is 35.5. The van der Waals surface area contributed by atoms with Gasteiger partial charge in [0.25, 0.3) is 0 Å². The lowest BCUT2D eigenvalue weighted by Gasteiger charge is -2.15. The van der Waals surface area contributed by atoms with E-state index in [1.165, 1.54) is 35.2 Å². The number of aromatic amines is 1. The second kappa shape index (κ2) is 9.16. The van der Waals surface area contributed by atoms with Gasteiger partial charge in [0.1, 0.15) is 11.6 Å². The van der Waals surface area contributed by atoms with Crippen LogP contribution in [0.3, 0.4) is 0 Å². The van der Waals surface area contributed by atoms with Crippen LogP contribution in [0, 0.1) is 5.82 Å². The molecule has 0 radical (unpaired) electrons. The van der Waals surface area contributed by atoms with Crippen molar-refractivity contribution in [2.75, 3.05) is 12.8 Å². The fraction of sp³-hybridized carbons (Fsp3) is 0.167. The van der Waals surface area contributed by atoms with E-state index in [4.69, 9.17) is 11.6 Å². The summed E-state index contributed by atoms with van der Waals surface area (Å²) >= 11 is 8.64. The average Bonchev–Trinajstić information content (AvgIpc) is 3.28. The maximum atomic E-state index is 12.9. The quantitative estimate of drug-likeness (QED) is 0.566. The van der Waals surface area contributed by atoms with Gasteiger partial charge in [0.2, 0.25) is 11.1 Å². The summed E-state index contributed by atoms with van der Waals surface area (Å²) in [4.78, 5) is 19.2. The van der Waals surface area contributed by atoms with E-state index in [-0.39, 0.29) is 17.5 Å². The molecule has 0 aliphatic carbocycles. The standard InChI is InChI=1S/C18H16ClFN4OS2/c1-24(10-14-7-8-15(19)27-14)17(25)11-26-18-21-16(22-23-18)9-4-12-2-5-13(20)6-3-12/h2-9H,10-11H2,1H3,(H,21,22,23). The van der Waals surface area contributed by atoms with Crippen LogP contribution in [0.1, 0.15) is 16.3 Å². The Bertz CT molecular complexity index is 939. The Morgan fingerprint density at radius 3 is 2.78 bits per heavy atom. The van der Waals surface area contributed by atoms with Crippen LogP contribution < -0.4 is 0 Å². The predicted octanol–water partition coefficient (Wildman–Crippen LogP) is 4.58. The molecule has 0 saturated carbocycles. The van der Waals surface area contributed by atoms with Crippen LogP contribution in [0.4, 0.5) is 4.39 Å². The SMILES string of the molecule is CN(Cc1ccc(Cl)s1)C(=O)CSc1n[nH]c(C=Cc2ccc(F)cc2)n1. The third kappa shape index (κ3) is 5.92. The molecule has 2 heterocycles. The molecule has 140 valence electrons.